The molecule has 0 atom stereocenters. The monoisotopic (exact) mass is 718 g/mol. The Hall–Kier alpha value is -7.42. The predicted octanol–water partition coefficient (Wildman–Crippen LogP) is 15.1. The zero-order chi connectivity index (χ0) is 37.9. The van der Waals surface area contributed by atoms with E-state index in [1.165, 1.54) is 33.4 Å². The third kappa shape index (κ3) is 8.21. The highest BCUT2D eigenvalue weighted by molar-refractivity contribution is 5.80. The molecule has 8 rings (SSSR count). The number of anilines is 5. The molecule has 0 amide bonds. The fourth-order valence-electron chi connectivity index (χ4n) is 6.99. The lowest BCUT2D eigenvalue weighted by Crippen LogP contribution is -2.09. The minimum atomic E-state index is 1.07. The van der Waals surface area contributed by atoms with Crippen molar-refractivity contribution < 1.29 is 0 Å². The van der Waals surface area contributed by atoms with Crippen LogP contribution in [0.5, 0.6) is 0 Å². The number of rotatable bonds is 12. The Morgan fingerprint density at radius 3 is 1.07 bits per heavy atom. The van der Waals surface area contributed by atoms with Crippen molar-refractivity contribution >= 4 is 34.0 Å². The number of para-hydroxylation sites is 2. The Kier molecular flexibility index (Phi) is 10.9. The Morgan fingerprint density at radius 2 is 0.661 bits per heavy atom. The number of nitrogens with zero attached hydrogens (tertiary/aromatic N) is 2. The van der Waals surface area contributed by atoms with Crippen molar-refractivity contribution in [3.63, 3.8) is 0 Å². The van der Waals surface area contributed by atoms with Crippen molar-refractivity contribution in [3.05, 3.63) is 255 Å². The van der Waals surface area contributed by atoms with Gasteiger partial charge in [-0.15, -0.1) is 0 Å². The molecule has 8 aromatic carbocycles. The van der Waals surface area contributed by atoms with Gasteiger partial charge in [-0.25, -0.2) is 0 Å². The van der Waals surface area contributed by atoms with Gasteiger partial charge in [0, 0.05) is 34.6 Å². The highest BCUT2D eigenvalue weighted by Crippen LogP contribution is 2.36. The Labute approximate surface area is 330 Å². The molecular formula is C54H42N2. The van der Waals surface area contributed by atoms with Crippen molar-refractivity contribution in [2.24, 2.45) is 0 Å². The number of hydrogen-bond acceptors (Lipinski definition) is 2. The summed E-state index contributed by atoms with van der Waals surface area (Å²) in [5, 5.41) is 0. The number of allylic oxidation sites excluding steroid dienone is 4. The van der Waals surface area contributed by atoms with Crippen LogP contribution >= 0.6 is 0 Å². The van der Waals surface area contributed by atoms with Crippen molar-refractivity contribution in [2.75, 3.05) is 9.80 Å². The Bertz CT molecular complexity index is 2480. The van der Waals surface area contributed by atoms with E-state index in [4.69, 9.17) is 0 Å². The van der Waals surface area contributed by atoms with Crippen molar-refractivity contribution in [2.45, 2.75) is 0 Å². The van der Waals surface area contributed by atoms with E-state index in [1.807, 2.05) is 18.2 Å². The van der Waals surface area contributed by atoms with E-state index >= 15 is 0 Å². The number of benzene rings is 8. The molecule has 0 heterocycles. The van der Waals surface area contributed by atoms with E-state index in [0.717, 1.165) is 39.6 Å². The average Bonchev–Trinajstić information content (AvgIpc) is 3.28. The van der Waals surface area contributed by atoms with Crippen molar-refractivity contribution in [1.82, 2.24) is 0 Å². The molecule has 0 unspecified atom stereocenters. The first-order valence-corrected chi connectivity index (χ1v) is 19.0. The second-order valence-electron chi connectivity index (χ2n) is 13.5. The van der Waals surface area contributed by atoms with Gasteiger partial charge in [0.1, 0.15) is 0 Å². The van der Waals surface area contributed by atoms with Crippen molar-refractivity contribution in [3.8, 4) is 33.4 Å². The summed E-state index contributed by atoms with van der Waals surface area (Å²) in [6.45, 7) is 4.06. The zero-order valence-corrected chi connectivity index (χ0v) is 31.2. The summed E-state index contributed by atoms with van der Waals surface area (Å²) in [6.07, 6.45) is 8.23. The molecule has 0 fully saturated rings. The standard InChI is InChI=1S/C54H42N2/c1-2-42(43-16-7-3-8-17-43)20-15-41-55(50-35-29-47(30-36-50)44-18-9-4-10-19-44)51-37-31-48(32-38-51)45-25-27-46(28-26-45)49-33-39-54(40-34-49)56(52-21-11-5-12-22-52)53-23-13-6-14-24-53/h2-41H,1H2. The maximum Gasteiger partial charge on any atom is 0.0462 e. The molecule has 0 saturated carbocycles. The summed E-state index contributed by atoms with van der Waals surface area (Å²) < 4.78 is 0. The molecule has 0 bridgehead atoms. The normalized spacial score (nSPS) is 11.3. The fraction of sp³-hybridized carbons (Fsp3) is 0. The van der Waals surface area contributed by atoms with Crippen LogP contribution in [0.15, 0.2) is 249 Å². The third-order valence-corrected chi connectivity index (χ3v) is 9.94. The maximum atomic E-state index is 4.06. The highest BCUT2D eigenvalue weighted by atomic mass is 15.1. The average molecular weight is 719 g/mol. The van der Waals surface area contributed by atoms with Gasteiger partial charge < -0.3 is 9.80 Å². The molecule has 0 saturated heterocycles. The van der Waals surface area contributed by atoms with E-state index in [9.17, 15) is 0 Å². The first kappa shape index (κ1) is 35.6. The van der Waals surface area contributed by atoms with Gasteiger partial charge in [-0.1, -0.05) is 176 Å². The minimum Gasteiger partial charge on any atom is -0.317 e. The molecule has 268 valence electrons. The highest BCUT2D eigenvalue weighted by Gasteiger charge is 2.13. The van der Waals surface area contributed by atoms with Crippen LogP contribution in [0.3, 0.4) is 0 Å². The summed E-state index contributed by atoms with van der Waals surface area (Å²) in [6, 6.07) is 77.1. The summed E-state index contributed by atoms with van der Waals surface area (Å²) in [7, 11) is 0. The quantitative estimate of drug-likeness (QED) is 0.116. The van der Waals surface area contributed by atoms with Crippen LogP contribution in [0, 0.1) is 0 Å². The van der Waals surface area contributed by atoms with Gasteiger partial charge >= 0.3 is 0 Å². The molecule has 8 aromatic rings. The van der Waals surface area contributed by atoms with Crippen molar-refractivity contribution in [1.29, 1.82) is 0 Å². The van der Waals surface area contributed by atoms with E-state index in [1.54, 1.807) is 0 Å². The fourth-order valence-corrected chi connectivity index (χ4v) is 6.99. The summed E-state index contributed by atoms with van der Waals surface area (Å²) in [5.41, 5.74) is 14.8. The molecule has 56 heavy (non-hydrogen) atoms. The van der Waals surface area contributed by atoms with Crippen LogP contribution in [-0.4, -0.2) is 0 Å². The second kappa shape index (κ2) is 17.2. The first-order valence-electron chi connectivity index (χ1n) is 19.0. The Morgan fingerprint density at radius 1 is 0.339 bits per heavy atom. The summed E-state index contributed by atoms with van der Waals surface area (Å²) >= 11 is 0. The van der Waals surface area contributed by atoms with Gasteiger partial charge in [-0.3, -0.25) is 0 Å². The molecular weight excluding hydrogens is 677 g/mol. The van der Waals surface area contributed by atoms with Crippen LogP contribution in [-0.2, 0) is 0 Å². The number of hydrogen-bond donors (Lipinski definition) is 0. The minimum absolute atomic E-state index is 1.07. The molecule has 0 radical (unpaired) electrons. The molecule has 0 aliphatic carbocycles. The van der Waals surface area contributed by atoms with E-state index < -0.39 is 0 Å². The molecule has 2 nitrogen and oxygen atoms in total. The largest absolute Gasteiger partial charge is 0.317 e. The lowest BCUT2D eigenvalue weighted by molar-refractivity contribution is 1.28. The SMILES string of the molecule is C=CC(=CC=CN(c1ccc(-c2ccccc2)cc1)c1ccc(-c2ccc(-c3ccc(N(c4ccccc4)c4ccccc4)cc3)cc2)cc1)c1ccccc1. The maximum absolute atomic E-state index is 4.06. The third-order valence-electron chi connectivity index (χ3n) is 9.94. The van der Waals surface area contributed by atoms with Crippen LogP contribution < -0.4 is 9.80 Å². The van der Waals surface area contributed by atoms with Crippen LogP contribution in [0.25, 0.3) is 39.0 Å². The van der Waals surface area contributed by atoms with Gasteiger partial charge in [0.2, 0.25) is 0 Å². The van der Waals surface area contributed by atoms with E-state index in [-0.39, 0.29) is 0 Å². The van der Waals surface area contributed by atoms with Gasteiger partial charge in [-0.05, 0) is 111 Å². The van der Waals surface area contributed by atoms with Gasteiger partial charge in [0.05, 0.1) is 0 Å². The Balaban J connectivity index is 1.03. The van der Waals surface area contributed by atoms with Crippen LogP contribution in [0.1, 0.15) is 5.56 Å². The summed E-state index contributed by atoms with van der Waals surface area (Å²) in [5.74, 6) is 0. The first-order chi connectivity index (χ1) is 27.7. The zero-order valence-electron chi connectivity index (χ0n) is 31.2. The van der Waals surface area contributed by atoms with Crippen LogP contribution in [0.4, 0.5) is 28.4 Å². The van der Waals surface area contributed by atoms with Gasteiger partial charge in [-0.2, -0.15) is 0 Å². The van der Waals surface area contributed by atoms with Crippen LogP contribution in [0.2, 0.25) is 0 Å². The van der Waals surface area contributed by atoms with Gasteiger partial charge in [0.15, 0.2) is 0 Å². The lowest BCUT2D eigenvalue weighted by atomic mass is 9.99. The molecule has 0 N–H and O–H groups in total. The lowest BCUT2D eigenvalue weighted by Gasteiger charge is -2.25. The van der Waals surface area contributed by atoms with E-state index in [0.29, 0.717) is 0 Å². The molecule has 2 heteroatoms. The molecule has 0 spiro atoms. The second-order valence-corrected chi connectivity index (χ2v) is 13.5. The van der Waals surface area contributed by atoms with E-state index in [2.05, 4.69) is 241 Å². The predicted molar refractivity (Wildman–Crippen MR) is 240 cm³/mol. The molecule has 0 aromatic heterocycles. The van der Waals surface area contributed by atoms with Gasteiger partial charge in [0.25, 0.3) is 0 Å². The smallest absolute Gasteiger partial charge is 0.0462 e. The topological polar surface area (TPSA) is 6.48 Å². The summed E-state index contributed by atoms with van der Waals surface area (Å²) in [4.78, 5) is 4.51. The molecule has 0 aliphatic heterocycles. The molecule has 0 aliphatic rings.